The average Bonchev–Trinajstić information content (AvgIpc) is 3.69. The van der Waals surface area contributed by atoms with Crippen molar-refractivity contribution in [3.05, 3.63) is 78.6 Å². The number of H-pyrrole nitrogens is 1. The summed E-state index contributed by atoms with van der Waals surface area (Å²) in [6.07, 6.45) is 6.12. The molecule has 1 saturated heterocycles. The molecule has 12 nitrogen and oxygen atoms in total. The van der Waals surface area contributed by atoms with Gasteiger partial charge in [-0.3, -0.25) is 9.69 Å². The van der Waals surface area contributed by atoms with Crippen molar-refractivity contribution in [3.63, 3.8) is 0 Å². The number of aliphatic hydroxyl groups is 1. The van der Waals surface area contributed by atoms with Gasteiger partial charge in [0.25, 0.3) is 0 Å². The molecule has 1 aliphatic rings. The number of halogens is 1. The first-order valence-corrected chi connectivity index (χ1v) is 14.3. The van der Waals surface area contributed by atoms with Gasteiger partial charge < -0.3 is 30.4 Å². The van der Waals surface area contributed by atoms with Crippen molar-refractivity contribution >= 4 is 34.1 Å². The summed E-state index contributed by atoms with van der Waals surface area (Å²) in [5.74, 6) is -0.569. The topological polar surface area (TPSA) is 136 Å². The lowest BCUT2D eigenvalue weighted by Crippen LogP contribution is -2.54. The lowest BCUT2D eigenvalue weighted by molar-refractivity contribution is -0.124. The number of aromatic nitrogens is 5. The summed E-state index contributed by atoms with van der Waals surface area (Å²) in [5, 5.41) is 20.9. The highest BCUT2D eigenvalue weighted by molar-refractivity contribution is 6.06. The first-order chi connectivity index (χ1) is 21.4. The molecule has 6 rings (SSSR count). The van der Waals surface area contributed by atoms with Gasteiger partial charge in [-0.15, -0.1) is 0 Å². The third kappa shape index (κ3) is 6.03. The first-order valence-electron chi connectivity index (χ1n) is 14.3. The van der Waals surface area contributed by atoms with Crippen molar-refractivity contribution in [1.82, 2.24) is 34.5 Å². The maximum absolute atomic E-state index is 15.1. The smallest absolute Gasteiger partial charge is 0.244 e. The van der Waals surface area contributed by atoms with Crippen LogP contribution in [0.4, 0.5) is 21.7 Å². The lowest BCUT2D eigenvalue weighted by Gasteiger charge is -2.36. The van der Waals surface area contributed by atoms with E-state index in [0.29, 0.717) is 27.8 Å². The monoisotopic (exact) mass is 599 g/mol. The van der Waals surface area contributed by atoms with Gasteiger partial charge in [-0.05, 0) is 19.2 Å². The van der Waals surface area contributed by atoms with Crippen LogP contribution >= 0.6 is 0 Å². The van der Waals surface area contributed by atoms with Crippen LogP contribution in [0.5, 0.6) is 0 Å². The largest absolute Gasteiger partial charge is 0.392 e. The quantitative estimate of drug-likeness (QED) is 0.190. The molecule has 0 bridgehead atoms. The van der Waals surface area contributed by atoms with Gasteiger partial charge in [0.15, 0.2) is 5.82 Å². The second-order valence-electron chi connectivity index (χ2n) is 10.7. The van der Waals surface area contributed by atoms with E-state index in [9.17, 15) is 9.90 Å². The van der Waals surface area contributed by atoms with E-state index in [1.807, 2.05) is 42.5 Å². The summed E-state index contributed by atoms with van der Waals surface area (Å²) in [6, 6.07) is 12.4. The molecule has 0 saturated carbocycles. The summed E-state index contributed by atoms with van der Waals surface area (Å²) in [5.41, 5.74) is 3.92. The average molecular weight is 600 g/mol. The number of para-hydroxylation sites is 2. The molecule has 1 amide bonds. The molecule has 1 fully saturated rings. The molecule has 3 aromatic heterocycles. The summed E-state index contributed by atoms with van der Waals surface area (Å²) < 4.78 is 22.2. The Morgan fingerprint density at radius 3 is 2.75 bits per heavy atom. The number of nitrogens with one attached hydrogen (secondary N) is 3. The minimum absolute atomic E-state index is 0.102. The lowest BCUT2D eigenvalue weighted by atomic mass is 10.1. The Labute approximate surface area is 253 Å². The van der Waals surface area contributed by atoms with Crippen LogP contribution in [0, 0.1) is 5.82 Å². The number of aromatic amines is 1. The zero-order valence-electron chi connectivity index (χ0n) is 24.5. The molecule has 2 aromatic carbocycles. The van der Waals surface area contributed by atoms with Gasteiger partial charge in [0, 0.05) is 56.0 Å². The van der Waals surface area contributed by atoms with E-state index in [-0.39, 0.29) is 30.8 Å². The van der Waals surface area contributed by atoms with Gasteiger partial charge in [-0.1, -0.05) is 30.3 Å². The van der Waals surface area contributed by atoms with Crippen LogP contribution in [0.15, 0.2) is 67.3 Å². The van der Waals surface area contributed by atoms with Gasteiger partial charge in [-0.2, -0.15) is 5.10 Å². The van der Waals surface area contributed by atoms with Crippen LogP contribution < -0.4 is 10.6 Å². The fourth-order valence-electron chi connectivity index (χ4n) is 5.44. The van der Waals surface area contributed by atoms with Crippen LogP contribution in [0.1, 0.15) is 5.56 Å². The van der Waals surface area contributed by atoms with Crippen LogP contribution in [-0.4, -0.2) is 98.5 Å². The minimum atomic E-state index is -0.589. The van der Waals surface area contributed by atoms with Crippen LogP contribution in [0.25, 0.3) is 27.8 Å². The molecule has 13 heteroatoms. The number of amides is 1. The zero-order chi connectivity index (χ0) is 30.6. The van der Waals surface area contributed by atoms with Crippen LogP contribution in [0.3, 0.4) is 0 Å². The summed E-state index contributed by atoms with van der Waals surface area (Å²) in [4.78, 5) is 29.6. The highest BCUT2D eigenvalue weighted by Crippen LogP contribution is 2.33. The molecule has 5 aromatic rings. The van der Waals surface area contributed by atoms with Gasteiger partial charge >= 0.3 is 0 Å². The zero-order valence-corrected chi connectivity index (χ0v) is 24.5. The van der Waals surface area contributed by atoms with Crippen molar-refractivity contribution in [2.45, 2.75) is 12.6 Å². The fraction of sp³-hybridized carbons (Fsp3) is 0.290. The Hall–Kier alpha value is -4.69. The summed E-state index contributed by atoms with van der Waals surface area (Å²) in [7, 11) is 3.66. The second kappa shape index (κ2) is 12.9. The molecule has 4 N–H and O–H groups in total. The normalized spacial score (nSPS) is 15.0. The molecular formula is C31H34FN9O3. The number of nitrogens with zero attached hydrogens (tertiary/aromatic N) is 6. The maximum atomic E-state index is 15.1. The number of rotatable bonds is 10. The summed E-state index contributed by atoms with van der Waals surface area (Å²) >= 11 is 0. The number of ether oxygens (including phenoxy) is 1. The highest BCUT2D eigenvalue weighted by atomic mass is 19.1. The predicted octanol–water partition coefficient (Wildman–Crippen LogP) is 3.39. The molecule has 228 valence electrons. The van der Waals surface area contributed by atoms with Crippen molar-refractivity contribution in [2.24, 2.45) is 0 Å². The Balaban J connectivity index is 1.24. The fourth-order valence-corrected chi connectivity index (χ4v) is 5.44. The van der Waals surface area contributed by atoms with E-state index in [4.69, 9.17) is 4.74 Å². The standard InChI is InChI=1S/C31H34FN9O3/c1-39-10-12-40(13-11-39)27(19-44-2)30(43)37-25-8-5-7-22-23(15-33-29(22)25)28-24(32)16-34-31(38-28)36-21-14-35-41(17-21)26-9-4-3-6-20(26)18-42/h3-9,14-17,27,33,42H,10-13,18-19H2,1-2H3,(H,37,43)(H,34,36,38). The number of benzene rings is 2. The minimum Gasteiger partial charge on any atom is -0.392 e. The number of piperazine rings is 1. The first kappa shape index (κ1) is 29.4. The predicted molar refractivity (Wildman–Crippen MR) is 165 cm³/mol. The third-order valence-electron chi connectivity index (χ3n) is 7.83. The molecule has 1 atom stereocenters. The second-order valence-corrected chi connectivity index (χ2v) is 10.7. The van der Waals surface area contributed by atoms with Gasteiger partial charge in [0.1, 0.15) is 11.7 Å². The van der Waals surface area contributed by atoms with Gasteiger partial charge in [0.05, 0.1) is 54.4 Å². The Kier molecular flexibility index (Phi) is 8.61. The highest BCUT2D eigenvalue weighted by Gasteiger charge is 2.29. The van der Waals surface area contributed by atoms with Crippen molar-refractivity contribution in [2.75, 3.05) is 57.6 Å². The van der Waals surface area contributed by atoms with E-state index in [0.717, 1.165) is 43.6 Å². The number of aliphatic hydroxyl groups excluding tert-OH is 1. The van der Waals surface area contributed by atoms with E-state index < -0.39 is 11.9 Å². The number of methoxy groups -OCH3 is 1. The van der Waals surface area contributed by atoms with Crippen molar-refractivity contribution < 1.29 is 19.0 Å². The number of anilines is 3. The Bertz CT molecular complexity index is 1760. The Morgan fingerprint density at radius 2 is 1.95 bits per heavy atom. The van der Waals surface area contributed by atoms with E-state index in [1.54, 1.807) is 30.4 Å². The number of fused-ring (bicyclic) bond motifs is 1. The molecule has 44 heavy (non-hydrogen) atoms. The molecular weight excluding hydrogens is 565 g/mol. The maximum Gasteiger partial charge on any atom is 0.244 e. The van der Waals surface area contributed by atoms with E-state index >= 15 is 4.39 Å². The van der Waals surface area contributed by atoms with Crippen molar-refractivity contribution in [3.8, 4) is 16.9 Å². The number of carbonyl (C=O) groups is 1. The molecule has 0 aliphatic carbocycles. The number of hydrogen-bond acceptors (Lipinski definition) is 9. The van der Waals surface area contributed by atoms with Crippen LogP contribution in [-0.2, 0) is 16.1 Å². The number of carbonyl (C=O) groups excluding carboxylic acids is 1. The SMILES string of the molecule is COCC(C(=O)Nc1cccc2c(-c3nc(Nc4cnn(-c5ccccc5CO)c4)ncc3F)c[nH]c12)N1CCN(C)CC1. The van der Waals surface area contributed by atoms with E-state index in [2.05, 4.69) is 47.5 Å². The van der Waals surface area contributed by atoms with Crippen LogP contribution in [0.2, 0.25) is 0 Å². The molecule has 1 aliphatic heterocycles. The molecule has 0 spiro atoms. The molecule has 4 heterocycles. The van der Waals surface area contributed by atoms with Gasteiger partial charge in [0.2, 0.25) is 11.9 Å². The Morgan fingerprint density at radius 1 is 1.14 bits per heavy atom. The van der Waals surface area contributed by atoms with Gasteiger partial charge in [-0.25, -0.2) is 19.0 Å². The molecule has 0 radical (unpaired) electrons. The third-order valence-corrected chi connectivity index (χ3v) is 7.83. The summed E-state index contributed by atoms with van der Waals surface area (Å²) in [6.45, 7) is 3.46. The van der Waals surface area contributed by atoms with E-state index in [1.165, 1.54) is 0 Å². The number of likely N-dealkylation sites (N-methyl/N-ethyl adjacent to an activating group) is 1. The molecule has 1 unspecified atom stereocenters. The van der Waals surface area contributed by atoms with Crippen molar-refractivity contribution in [1.29, 1.82) is 0 Å². The number of hydrogen-bond donors (Lipinski definition) is 4.